The average molecular weight is 391 g/mol. The maximum atomic E-state index is 11.3. The summed E-state index contributed by atoms with van der Waals surface area (Å²) >= 11 is 0. The summed E-state index contributed by atoms with van der Waals surface area (Å²) in [4.78, 5) is 9.01. The van der Waals surface area contributed by atoms with Crippen molar-refractivity contribution >= 4 is 21.8 Å². The second kappa shape index (κ2) is 8.64. The molecule has 1 aromatic heterocycles. The molecule has 9 heteroatoms. The molecule has 1 aliphatic rings. The molecule has 146 valence electrons. The molecule has 1 unspecified atom stereocenters. The molecule has 0 saturated carbocycles. The molecular weight excluding hydrogens is 366 g/mol. The van der Waals surface area contributed by atoms with Crippen LogP contribution in [0.5, 0.6) is 0 Å². The van der Waals surface area contributed by atoms with Gasteiger partial charge in [-0.05, 0) is 43.9 Å². The number of primary sulfonamides is 1. The van der Waals surface area contributed by atoms with Crippen LogP contribution in [0.25, 0.3) is 0 Å². The molecular formula is C18H25N5O3S. The van der Waals surface area contributed by atoms with Crippen LogP contribution in [-0.4, -0.2) is 44.2 Å². The first-order valence-corrected chi connectivity index (χ1v) is 10.5. The Hall–Kier alpha value is -2.23. The zero-order valence-corrected chi connectivity index (χ0v) is 16.1. The molecule has 27 heavy (non-hydrogen) atoms. The molecule has 8 nitrogen and oxygen atoms in total. The maximum Gasteiger partial charge on any atom is 0.238 e. The Morgan fingerprint density at radius 2 is 2.00 bits per heavy atom. The third kappa shape index (κ3) is 5.88. The molecule has 2 aromatic rings. The van der Waals surface area contributed by atoms with Gasteiger partial charge in [-0.15, -0.1) is 0 Å². The summed E-state index contributed by atoms with van der Waals surface area (Å²) in [7, 11) is -3.65. The molecule has 1 aromatic carbocycles. The number of rotatable bonds is 8. The van der Waals surface area contributed by atoms with E-state index in [0.29, 0.717) is 19.0 Å². The topological polar surface area (TPSA) is 119 Å². The molecule has 0 bridgehead atoms. The van der Waals surface area contributed by atoms with Gasteiger partial charge in [-0.3, -0.25) is 0 Å². The Kier molecular flexibility index (Phi) is 6.25. The molecule has 2 heterocycles. The number of hydrogen-bond donors (Lipinski definition) is 3. The number of aryl methyl sites for hydroxylation is 1. The van der Waals surface area contributed by atoms with Gasteiger partial charge in [0.2, 0.25) is 16.0 Å². The maximum absolute atomic E-state index is 11.3. The molecule has 1 atom stereocenters. The molecule has 0 aliphatic carbocycles. The molecule has 0 amide bonds. The largest absolute Gasteiger partial charge is 0.376 e. The van der Waals surface area contributed by atoms with Crippen molar-refractivity contribution in [1.82, 2.24) is 9.97 Å². The van der Waals surface area contributed by atoms with Gasteiger partial charge in [-0.2, -0.15) is 4.98 Å². The van der Waals surface area contributed by atoms with E-state index in [0.717, 1.165) is 42.9 Å². The average Bonchev–Trinajstić information content (AvgIpc) is 3.13. The summed E-state index contributed by atoms with van der Waals surface area (Å²) in [5, 5.41) is 11.6. The van der Waals surface area contributed by atoms with Gasteiger partial charge in [0.25, 0.3) is 0 Å². The minimum atomic E-state index is -3.65. The van der Waals surface area contributed by atoms with Crippen molar-refractivity contribution in [2.45, 2.75) is 37.2 Å². The van der Waals surface area contributed by atoms with Crippen molar-refractivity contribution in [2.24, 2.45) is 5.14 Å². The number of benzene rings is 1. The molecule has 0 radical (unpaired) electrons. The number of nitrogens with one attached hydrogen (secondary N) is 2. The van der Waals surface area contributed by atoms with Crippen LogP contribution >= 0.6 is 0 Å². The number of hydrogen-bond acceptors (Lipinski definition) is 7. The van der Waals surface area contributed by atoms with E-state index in [1.807, 2.05) is 13.0 Å². The van der Waals surface area contributed by atoms with Crippen LogP contribution in [0, 0.1) is 6.92 Å². The molecule has 3 rings (SSSR count). The van der Waals surface area contributed by atoms with Crippen LogP contribution in [0.2, 0.25) is 0 Å². The zero-order valence-electron chi connectivity index (χ0n) is 15.3. The van der Waals surface area contributed by atoms with Gasteiger partial charge in [0, 0.05) is 31.5 Å². The highest BCUT2D eigenvalue weighted by Crippen LogP contribution is 2.14. The highest BCUT2D eigenvalue weighted by molar-refractivity contribution is 7.89. The van der Waals surface area contributed by atoms with Crippen molar-refractivity contribution in [1.29, 1.82) is 0 Å². The summed E-state index contributed by atoms with van der Waals surface area (Å²) in [6.07, 6.45) is 3.12. The highest BCUT2D eigenvalue weighted by atomic mass is 32.2. The third-order valence-electron chi connectivity index (χ3n) is 4.34. The molecule has 1 saturated heterocycles. The quantitative estimate of drug-likeness (QED) is 0.626. The normalized spacial score (nSPS) is 17.0. The first-order chi connectivity index (χ1) is 12.9. The van der Waals surface area contributed by atoms with E-state index in [1.54, 1.807) is 12.1 Å². The van der Waals surface area contributed by atoms with Crippen molar-refractivity contribution < 1.29 is 13.2 Å². The van der Waals surface area contributed by atoms with Gasteiger partial charge in [0.05, 0.1) is 11.0 Å². The second-order valence-electron chi connectivity index (χ2n) is 6.60. The molecule has 0 spiro atoms. The Morgan fingerprint density at radius 3 is 2.67 bits per heavy atom. The number of nitrogens with two attached hydrogens (primary N) is 1. The summed E-state index contributed by atoms with van der Waals surface area (Å²) < 4.78 is 28.2. The summed E-state index contributed by atoms with van der Waals surface area (Å²) in [5.74, 6) is 1.34. The van der Waals surface area contributed by atoms with Gasteiger partial charge in [-0.25, -0.2) is 18.5 Å². The fraction of sp³-hybridized carbons (Fsp3) is 0.444. The summed E-state index contributed by atoms with van der Waals surface area (Å²) in [6.45, 7) is 4.12. The lowest BCUT2D eigenvalue weighted by Crippen LogP contribution is -2.20. The van der Waals surface area contributed by atoms with Crippen LogP contribution in [-0.2, 0) is 21.2 Å². The first-order valence-electron chi connectivity index (χ1n) is 8.97. The van der Waals surface area contributed by atoms with Gasteiger partial charge < -0.3 is 15.4 Å². The van der Waals surface area contributed by atoms with Gasteiger partial charge in [-0.1, -0.05) is 12.1 Å². The fourth-order valence-electron chi connectivity index (χ4n) is 2.93. The third-order valence-corrected chi connectivity index (χ3v) is 5.27. The fourth-order valence-corrected chi connectivity index (χ4v) is 3.44. The lowest BCUT2D eigenvalue weighted by molar-refractivity contribution is 0.120. The van der Waals surface area contributed by atoms with E-state index in [9.17, 15) is 8.42 Å². The van der Waals surface area contributed by atoms with Gasteiger partial charge in [0.15, 0.2) is 0 Å². The molecule has 1 fully saturated rings. The first kappa shape index (κ1) is 19.5. The van der Waals surface area contributed by atoms with E-state index >= 15 is 0 Å². The SMILES string of the molecule is Cc1cc(NCCc2ccc(S(N)(=O)=O)cc2)nc(NCC2CCCO2)n1. The van der Waals surface area contributed by atoms with Crippen LogP contribution in [0.15, 0.2) is 35.2 Å². The number of sulfonamides is 1. The summed E-state index contributed by atoms with van der Waals surface area (Å²) in [6, 6.07) is 8.46. The predicted octanol–water partition coefficient (Wildman–Crippen LogP) is 1.68. The van der Waals surface area contributed by atoms with Crippen LogP contribution in [0.4, 0.5) is 11.8 Å². The van der Waals surface area contributed by atoms with Crippen molar-refractivity contribution in [3.8, 4) is 0 Å². The lowest BCUT2D eigenvalue weighted by atomic mass is 10.1. The summed E-state index contributed by atoms with van der Waals surface area (Å²) in [5.41, 5.74) is 1.89. The van der Waals surface area contributed by atoms with Crippen LogP contribution in [0.3, 0.4) is 0 Å². The van der Waals surface area contributed by atoms with E-state index in [1.165, 1.54) is 12.1 Å². The van der Waals surface area contributed by atoms with Crippen LogP contribution < -0.4 is 15.8 Å². The minimum absolute atomic E-state index is 0.118. The number of ether oxygens (including phenoxy) is 1. The van der Waals surface area contributed by atoms with Crippen LogP contribution in [0.1, 0.15) is 24.1 Å². The van der Waals surface area contributed by atoms with Gasteiger partial charge in [0.1, 0.15) is 5.82 Å². The lowest BCUT2D eigenvalue weighted by Gasteiger charge is -2.13. The van der Waals surface area contributed by atoms with Crippen molar-refractivity contribution in [3.63, 3.8) is 0 Å². The Balaban J connectivity index is 1.52. The van der Waals surface area contributed by atoms with Crippen molar-refractivity contribution in [3.05, 3.63) is 41.6 Å². The number of nitrogens with zero attached hydrogens (tertiary/aromatic N) is 2. The molecule has 4 N–H and O–H groups in total. The molecule has 1 aliphatic heterocycles. The van der Waals surface area contributed by atoms with E-state index in [-0.39, 0.29) is 11.0 Å². The van der Waals surface area contributed by atoms with E-state index in [4.69, 9.17) is 9.88 Å². The monoisotopic (exact) mass is 391 g/mol. The highest BCUT2D eigenvalue weighted by Gasteiger charge is 2.15. The Bertz CT molecular complexity index is 865. The smallest absolute Gasteiger partial charge is 0.238 e. The number of anilines is 2. The van der Waals surface area contributed by atoms with E-state index in [2.05, 4.69) is 20.6 Å². The van der Waals surface area contributed by atoms with Gasteiger partial charge >= 0.3 is 0 Å². The minimum Gasteiger partial charge on any atom is -0.376 e. The Labute approximate surface area is 159 Å². The Morgan fingerprint density at radius 1 is 1.22 bits per heavy atom. The van der Waals surface area contributed by atoms with E-state index < -0.39 is 10.0 Å². The second-order valence-corrected chi connectivity index (χ2v) is 8.16. The standard InChI is InChI=1S/C18H25N5O3S/c1-13-11-17(23-18(22-13)21-12-15-3-2-10-26-15)20-9-8-14-4-6-16(7-5-14)27(19,24)25/h4-7,11,15H,2-3,8-10,12H2,1H3,(H2,19,24,25)(H2,20,21,22,23). The van der Waals surface area contributed by atoms with Crippen molar-refractivity contribution in [2.75, 3.05) is 30.3 Å². The number of aromatic nitrogens is 2. The predicted molar refractivity (Wildman–Crippen MR) is 104 cm³/mol. The zero-order chi connectivity index (χ0) is 19.3.